The maximum atomic E-state index is 12.5. The molecule has 0 N–H and O–H groups in total. The van der Waals surface area contributed by atoms with Gasteiger partial charge in [-0.05, 0) is 24.1 Å². The number of hydrogen-bond acceptors (Lipinski definition) is 0. The van der Waals surface area contributed by atoms with Crippen LogP contribution in [0.15, 0.2) is 18.2 Å². The van der Waals surface area contributed by atoms with Gasteiger partial charge in [-0.2, -0.15) is 13.2 Å². The number of halogens is 5. The van der Waals surface area contributed by atoms with Gasteiger partial charge in [0.25, 0.3) is 0 Å². The van der Waals surface area contributed by atoms with Gasteiger partial charge in [0.15, 0.2) is 0 Å². The molecule has 0 atom stereocenters. The Morgan fingerprint density at radius 3 is 2.43 bits per heavy atom. The Morgan fingerprint density at radius 2 is 1.93 bits per heavy atom. The molecule has 78 valence electrons. The average Bonchev–Trinajstić information content (AvgIpc) is 2.07. The van der Waals surface area contributed by atoms with Gasteiger partial charge in [0.05, 0.1) is 5.56 Å². The van der Waals surface area contributed by atoms with Crippen molar-refractivity contribution in [2.45, 2.75) is 12.6 Å². The van der Waals surface area contributed by atoms with Gasteiger partial charge in [0.1, 0.15) is 0 Å². The summed E-state index contributed by atoms with van der Waals surface area (Å²) in [5.74, 6) is 0. The second kappa shape index (κ2) is 4.53. The summed E-state index contributed by atoms with van der Waals surface area (Å²) in [6, 6.07) is 3.82. The van der Waals surface area contributed by atoms with Crippen LogP contribution in [0.1, 0.15) is 11.1 Å². The highest BCUT2D eigenvalue weighted by molar-refractivity contribution is 9.09. The minimum absolute atomic E-state index is 0.151. The fraction of sp³-hybridized carbons (Fsp3) is 0.333. The largest absolute Gasteiger partial charge is 0.416 e. The minimum atomic E-state index is -4.33. The van der Waals surface area contributed by atoms with E-state index in [2.05, 4.69) is 15.9 Å². The molecule has 0 saturated heterocycles. The number of rotatable bonds is 2. The van der Waals surface area contributed by atoms with Crippen LogP contribution in [-0.2, 0) is 12.6 Å². The van der Waals surface area contributed by atoms with Crippen LogP contribution < -0.4 is 0 Å². The van der Waals surface area contributed by atoms with Crippen molar-refractivity contribution in [3.05, 3.63) is 34.3 Å². The van der Waals surface area contributed by atoms with Crippen molar-refractivity contribution in [3.63, 3.8) is 0 Å². The Balaban J connectivity index is 3.21. The first-order chi connectivity index (χ1) is 6.46. The summed E-state index contributed by atoms with van der Waals surface area (Å²) in [5.41, 5.74) is -0.497. The average molecular weight is 288 g/mol. The van der Waals surface area contributed by atoms with Crippen molar-refractivity contribution >= 4 is 27.5 Å². The molecule has 0 bridgehead atoms. The van der Waals surface area contributed by atoms with Crippen molar-refractivity contribution in [2.75, 3.05) is 5.33 Å². The smallest absolute Gasteiger partial charge is 0.166 e. The molecule has 0 aromatic heterocycles. The lowest BCUT2D eigenvalue weighted by Crippen LogP contribution is -2.09. The van der Waals surface area contributed by atoms with Crippen LogP contribution in [0.25, 0.3) is 0 Å². The van der Waals surface area contributed by atoms with E-state index in [-0.39, 0.29) is 17.0 Å². The highest BCUT2D eigenvalue weighted by Gasteiger charge is 2.33. The van der Waals surface area contributed by atoms with Gasteiger partial charge in [-0.1, -0.05) is 33.6 Å². The first-order valence-corrected chi connectivity index (χ1v) is 5.37. The molecular formula is C9H7BrClF3. The SMILES string of the molecule is FC(F)(F)c1cccc(Cl)c1CCBr. The van der Waals surface area contributed by atoms with Gasteiger partial charge in [-0.3, -0.25) is 0 Å². The lowest BCUT2D eigenvalue weighted by Gasteiger charge is -2.13. The lowest BCUT2D eigenvalue weighted by atomic mass is 10.1. The van der Waals surface area contributed by atoms with Gasteiger partial charge >= 0.3 is 6.18 Å². The molecule has 14 heavy (non-hydrogen) atoms. The predicted octanol–water partition coefficient (Wildman–Crippen LogP) is 4.30. The van der Waals surface area contributed by atoms with Crippen LogP contribution in [0.3, 0.4) is 0 Å². The summed E-state index contributed by atoms with van der Waals surface area (Å²) >= 11 is 8.79. The van der Waals surface area contributed by atoms with E-state index in [1.165, 1.54) is 12.1 Å². The summed E-state index contributed by atoms with van der Waals surface area (Å²) in [4.78, 5) is 0. The summed E-state index contributed by atoms with van der Waals surface area (Å²) in [6.07, 6.45) is -4.06. The zero-order valence-corrected chi connectivity index (χ0v) is 9.38. The first kappa shape index (κ1) is 11.9. The Kier molecular flexibility index (Phi) is 3.84. The molecule has 0 saturated carbocycles. The summed E-state index contributed by atoms with van der Waals surface area (Å²) in [5, 5.41) is 0.624. The zero-order valence-electron chi connectivity index (χ0n) is 7.04. The van der Waals surface area contributed by atoms with E-state index < -0.39 is 11.7 Å². The van der Waals surface area contributed by atoms with E-state index in [1.54, 1.807) is 0 Å². The fourth-order valence-corrected chi connectivity index (χ4v) is 1.84. The third-order valence-corrected chi connectivity index (χ3v) is 2.52. The lowest BCUT2D eigenvalue weighted by molar-refractivity contribution is -0.138. The fourth-order valence-electron chi connectivity index (χ4n) is 1.17. The Hall–Kier alpha value is -0.220. The third kappa shape index (κ3) is 2.64. The van der Waals surface area contributed by atoms with Crippen LogP contribution in [0.2, 0.25) is 5.02 Å². The van der Waals surface area contributed by atoms with Crippen LogP contribution in [0.5, 0.6) is 0 Å². The Morgan fingerprint density at radius 1 is 1.29 bits per heavy atom. The van der Waals surface area contributed by atoms with E-state index in [0.29, 0.717) is 5.33 Å². The highest BCUT2D eigenvalue weighted by atomic mass is 79.9. The van der Waals surface area contributed by atoms with Gasteiger partial charge in [-0.25, -0.2) is 0 Å². The third-order valence-electron chi connectivity index (χ3n) is 1.77. The molecule has 0 nitrogen and oxygen atoms in total. The maximum Gasteiger partial charge on any atom is 0.416 e. The van der Waals surface area contributed by atoms with E-state index in [0.717, 1.165) is 6.07 Å². The van der Waals surface area contributed by atoms with Gasteiger partial charge < -0.3 is 0 Å². The van der Waals surface area contributed by atoms with Crippen molar-refractivity contribution < 1.29 is 13.2 Å². The Labute approximate surface area is 93.2 Å². The maximum absolute atomic E-state index is 12.5. The monoisotopic (exact) mass is 286 g/mol. The molecule has 0 spiro atoms. The number of alkyl halides is 4. The zero-order chi connectivity index (χ0) is 10.8. The molecule has 0 aliphatic heterocycles. The highest BCUT2D eigenvalue weighted by Crippen LogP contribution is 2.35. The standard InChI is InChI=1S/C9H7BrClF3/c10-5-4-6-7(9(12,13)14)2-1-3-8(6)11/h1-3H,4-5H2. The minimum Gasteiger partial charge on any atom is -0.166 e. The van der Waals surface area contributed by atoms with Gasteiger partial charge in [0, 0.05) is 10.4 Å². The van der Waals surface area contributed by atoms with E-state index in [4.69, 9.17) is 11.6 Å². The second-order valence-electron chi connectivity index (χ2n) is 2.70. The summed E-state index contributed by atoms with van der Waals surface area (Å²) in [7, 11) is 0. The quantitative estimate of drug-likeness (QED) is 0.712. The van der Waals surface area contributed by atoms with Gasteiger partial charge in [-0.15, -0.1) is 0 Å². The van der Waals surface area contributed by atoms with E-state index in [1.807, 2.05) is 0 Å². The van der Waals surface area contributed by atoms with Crippen LogP contribution in [-0.4, -0.2) is 5.33 Å². The molecule has 0 unspecified atom stereocenters. The molecular weight excluding hydrogens is 280 g/mol. The molecule has 0 fully saturated rings. The van der Waals surface area contributed by atoms with Crippen LogP contribution >= 0.6 is 27.5 Å². The predicted molar refractivity (Wildman–Crippen MR) is 54.0 cm³/mol. The molecule has 0 heterocycles. The topological polar surface area (TPSA) is 0 Å². The van der Waals surface area contributed by atoms with Crippen molar-refractivity contribution in [1.82, 2.24) is 0 Å². The Bertz CT molecular complexity index is 322. The van der Waals surface area contributed by atoms with Crippen molar-refractivity contribution in [3.8, 4) is 0 Å². The molecule has 0 aliphatic rings. The summed E-state index contributed by atoms with van der Waals surface area (Å²) in [6.45, 7) is 0. The summed E-state index contributed by atoms with van der Waals surface area (Å²) < 4.78 is 37.4. The number of hydrogen-bond donors (Lipinski definition) is 0. The van der Waals surface area contributed by atoms with E-state index >= 15 is 0 Å². The normalized spacial score (nSPS) is 11.8. The van der Waals surface area contributed by atoms with Crippen LogP contribution in [0, 0.1) is 0 Å². The first-order valence-electron chi connectivity index (χ1n) is 3.87. The van der Waals surface area contributed by atoms with Crippen LogP contribution in [0.4, 0.5) is 13.2 Å². The molecule has 0 aliphatic carbocycles. The second-order valence-corrected chi connectivity index (χ2v) is 3.90. The molecule has 1 aromatic rings. The molecule has 0 radical (unpaired) electrons. The number of benzene rings is 1. The van der Waals surface area contributed by atoms with Crippen molar-refractivity contribution in [2.24, 2.45) is 0 Å². The van der Waals surface area contributed by atoms with Crippen molar-refractivity contribution in [1.29, 1.82) is 0 Å². The molecule has 0 amide bonds. The molecule has 1 rings (SSSR count). The molecule has 1 aromatic carbocycles. The van der Waals surface area contributed by atoms with Gasteiger partial charge in [0.2, 0.25) is 0 Å². The molecule has 5 heteroatoms. The van der Waals surface area contributed by atoms with E-state index in [9.17, 15) is 13.2 Å².